The van der Waals surface area contributed by atoms with Gasteiger partial charge < -0.3 is 26.0 Å². The lowest BCUT2D eigenvalue weighted by atomic mass is 9.99. The molecule has 0 aliphatic heterocycles. The second-order valence-electron chi connectivity index (χ2n) is 8.48. The molecule has 0 aliphatic carbocycles. The van der Waals surface area contributed by atoms with Gasteiger partial charge in [0.2, 0.25) is 0 Å². The molecule has 180 valence electrons. The van der Waals surface area contributed by atoms with E-state index in [1.165, 1.54) is 11.6 Å². The van der Waals surface area contributed by atoms with Gasteiger partial charge in [0.25, 0.3) is 0 Å². The van der Waals surface area contributed by atoms with Crippen LogP contribution in [0.15, 0.2) is 72.8 Å². The Morgan fingerprint density at radius 3 is 2.41 bits per heavy atom. The Labute approximate surface area is 201 Å². The molecule has 0 aliphatic rings. The summed E-state index contributed by atoms with van der Waals surface area (Å²) in [7, 11) is 0. The summed E-state index contributed by atoms with van der Waals surface area (Å²) < 4.78 is 0. The zero-order valence-corrected chi connectivity index (χ0v) is 19.4. The van der Waals surface area contributed by atoms with Gasteiger partial charge in [0.05, 0.1) is 12.7 Å². The normalized spacial score (nSPS) is 11.7. The second kappa shape index (κ2) is 13.4. The molecule has 34 heavy (non-hydrogen) atoms. The molecule has 0 heterocycles. The van der Waals surface area contributed by atoms with E-state index >= 15 is 0 Å². The van der Waals surface area contributed by atoms with E-state index in [9.17, 15) is 20.1 Å². The molecule has 3 aromatic rings. The third-order valence-corrected chi connectivity index (χ3v) is 5.81. The van der Waals surface area contributed by atoms with Gasteiger partial charge in [-0.05, 0) is 73.1 Å². The number of urea groups is 1. The summed E-state index contributed by atoms with van der Waals surface area (Å²) in [5.74, 6) is 0.0350. The summed E-state index contributed by atoms with van der Waals surface area (Å²) in [5.41, 5.74) is 4.27. The van der Waals surface area contributed by atoms with Crippen molar-refractivity contribution >= 4 is 11.7 Å². The predicted molar refractivity (Wildman–Crippen MR) is 135 cm³/mol. The van der Waals surface area contributed by atoms with Gasteiger partial charge >= 0.3 is 6.03 Å². The first kappa shape index (κ1) is 25.3. The van der Waals surface area contributed by atoms with E-state index in [0.717, 1.165) is 43.4 Å². The van der Waals surface area contributed by atoms with Crippen molar-refractivity contribution in [2.75, 3.05) is 11.9 Å². The maximum absolute atomic E-state index is 12.2. The molecule has 0 fully saturated rings. The van der Waals surface area contributed by atoms with Gasteiger partial charge in [0, 0.05) is 17.8 Å². The van der Waals surface area contributed by atoms with Crippen molar-refractivity contribution in [1.82, 2.24) is 5.32 Å². The Morgan fingerprint density at radius 1 is 0.853 bits per heavy atom. The van der Waals surface area contributed by atoms with Gasteiger partial charge in [-0.3, -0.25) is 0 Å². The van der Waals surface area contributed by atoms with E-state index in [1.807, 2.05) is 42.5 Å². The van der Waals surface area contributed by atoms with E-state index in [4.69, 9.17) is 0 Å². The summed E-state index contributed by atoms with van der Waals surface area (Å²) in [5, 5.41) is 35.1. The number of aliphatic hydroxyl groups is 2. The first-order valence-electron chi connectivity index (χ1n) is 11.8. The maximum Gasteiger partial charge on any atom is 0.319 e. The molecule has 5 N–H and O–H groups in total. The van der Waals surface area contributed by atoms with Crippen molar-refractivity contribution in [3.63, 3.8) is 0 Å². The molecule has 3 aromatic carbocycles. The number of anilines is 1. The van der Waals surface area contributed by atoms with Crippen molar-refractivity contribution in [2.24, 2.45) is 0 Å². The average Bonchev–Trinajstić information content (AvgIpc) is 2.85. The van der Waals surface area contributed by atoms with Gasteiger partial charge in [-0.2, -0.15) is 0 Å². The predicted octanol–water partition coefficient (Wildman–Crippen LogP) is 5.09. The highest BCUT2D eigenvalue weighted by Crippen LogP contribution is 2.25. The van der Waals surface area contributed by atoms with Crippen molar-refractivity contribution < 1.29 is 20.1 Å². The topological polar surface area (TPSA) is 102 Å². The number of aromatic hydroxyl groups is 1. The summed E-state index contributed by atoms with van der Waals surface area (Å²) in [6.07, 6.45) is 4.35. The van der Waals surface area contributed by atoms with Crippen LogP contribution >= 0.6 is 0 Å². The fourth-order valence-corrected chi connectivity index (χ4v) is 3.89. The number of carbonyl (C=O) groups excluding carboxylic acids is 1. The number of aryl methyl sites for hydroxylation is 2. The smallest absolute Gasteiger partial charge is 0.319 e. The fraction of sp³-hybridized carbons (Fsp3) is 0.321. The molecule has 0 radical (unpaired) electrons. The number of carbonyl (C=O) groups is 1. The van der Waals surface area contributed by atoms with Crippen molar-refractivity contribution in [2.45, 2.75) is 51.2 Å². The number of nitrogens with one attached hydrogen (secondary N) is 2. The summed E-state index contributed by atoms with van der Waals surface area (Å²) in [6.45, 7) is 0.353. The molecular formula is C28H34N2O4. The molecule has 6 heteroatoms. The van der Waals surface area contributed by atoms with Crippen LogP contribution in [0.1, 0.15) is 54.0 Å². The number of aliphatic hydroxyl groups excluding tert-OH is 2. The van der Waals surface area contributed by atoms with Crippen LogP contribution in [-0.4, -0.2) is 27.9 Å². The number of benzene rings is 3. The van der Waals surface area contributed by atoms with Crippen LogP contribution in [0.25, 0.3) is 0 Å². The molecule has 3 rings (SSSR count). The monoisotopic (exact) mass is 462 g/mol. The quantitative estimate of drug-likeness (QED) is 0.242. The van der Waals surface area contributed by atoms with Crippen LogP contribution in [0, 0.1) is 0 Å². The van der Waals surface area contributed by atoms with Gasteiger partial charge in [-0.15, -0.1) is 0 Å². The minimum Gasteiger partial charge on any atom is -0.508 e. The number of hydrogen-bond acceptors (Lipinski definition) is 4. The maximum atomic E-state index is 12.2. The molecule has 6 nitrogen and oxygen atoms in total. The molecule has 1 atom stereocenters. The molecule has 1 unspecified atom stereocenters. The van der Waals surface area contributed by atoms with Crippen LogP contribution in [0.3, 0.4) is 0 Å². The van der Waals surface area contributed by atoms with E-state index < -0.39 is 6.10 Å². The second-order valence-corrected chi connectivity index (χ2v) is 8.48. The minimum absolute atomic E-state index is 0.0350. The molecule has 0 spiro atoms. The highest BCUT2D eigenvalue weighted by atomic mass is 16.3. The van der Waals surface area contributed by atoms with Crippen LogP contribution in [0.5, 0.6) is 5.75 Å². The molecule has 0 bridgehead atoms. The first-order chi connectivity index (χ1) is 16.5. The van der Waals surface area contributed by atoms with E-state index in [2.05, 4.69) is 22.8 Å². The lowest BCUT2D eigenvalue weighted by molar-refractivity contribution is 0.163. The highest BCUT2D eigenvalue weighted by Gasteiger charge is 2.10. The van der Waals surface area contributed by atoms with E-state index in [-0.39, 0.29) is 18.4 Å². The Morgan fingerprint density at radius 2 is 1.62 bits per heavy atom. The van der Waals surface area contributed by atoms with Gasteiger partial charge in [-0.1, -0.05) is 55.0 Å². The number of rotatable bonds is 12. The average molecular weight is 463 g/mol. The van der Waals surface area contributed by atoms with Crippen LogP contribution < -0.4 is 10.6 Å². The lowest BCUT2D eigenvalue weighted by Crippen LogP contribution is -2.29. The number of phenols is 1. The number of amides is 2. The van der Waals surface area contributed by atoms with Gasteiger partial charge in [0.15, 0.2) is 0 Å². The minimum atomic E-state index is -0.635. The zero-order chi connectivity index (χ0) is 24.2. The SMILES string of the molecule is O=C(NCCCc1ccccc1)Nc1cccc(CCCCC(O)c2ccc(O)c(CO)c2)c1. The molecule has 2 amide bonds. The van der Waals surface area contributed by atoms with E-state index in [1.54, 1.807) is 12.1 Å². The molecule has 0 saturated carbocycles. The number of unbranched alkanes of at least 4 members (excludes halogenated alkanes) is 1. The standard InChI is InChI=1S/C28H34N2O4/c31-20-24-19-23(15-16-27(24)33)26(32)14-5-4-10-22-11-6-13-25(18-22)30-28(34)29-17-7-12-21-8-2-1-3-9-21/h1-3,6,8-9,11,13,15-16,18-19,26,31-33H,4-5,7,10,12,14,17,20H2,(H2,29,30,34). The van der Waals surface area contributed by atoms with Crippen LogP contribution in [0.2, 0.25) is 0 Å². The number of hydrogen-bond donors (Lipinski definition) is 5. The Hall–Kier alpha value is -3.35. The largest absolute Gasteiger partial charge is 0.508 e. The highest BCUT2D eigenvalue weighted by molar-refractivity contribution is 5.89. The lowest BCUT2D eigenvalue weighted by Gasteiger charge is -2.13. The van der Waals surface area contributed by atoms with Crippen molar-refractivity contribution in [3.05, 3.63) is 95.1 Å². The molecule has 0 saturated heterocycles. The Balaban J connectivity index is 1.36. The summed E-state index contributed by atoms with van der Waals surface area (Å²) in [6, 6.07) is 22.7. The Bertz CT molecular complexity index is 1040. The molecular weight excluding hydrogens is 428 g/mol. The third kappa shape index (κ3) is 8.21. The first-order valence-corrected chi connectivity index (χ1v) is 11.8. The van der Waals surface area contributed by atoms with E-state index in [0.29, 0.717) is 24.1 Å². The van der Waals surface area contributed by atoms with Crippen LogP contribution in [-0.2, 0) is 19.4 Å². The van der Waals surface area contributed by atoms with Gasteiger partial charge in [0.1, 0.15) is 5.75 Å². The van der Waals surface area contributed by atoms with Crippen molar-refractivity contribution in [3.8, 4) is 5.75 Å². The zero-order valence-electron chi connectivity index (χ0n) is 19.4. The Kier molecular flexibility index (Phi) is 9.95. The van der Waals surface area contributed by atoms with Gasteiger partial charge in [-0.25, -0.2) is 4.79 Å². The third-order valence-electron chi connectivity index (χ3n) is 5.81. The summed E-state index contributed by atoms with van der Waals surface area (Å²) in [4.78, 5) is 12.2. The fourth-order valence-electron chi connectivity index (χ4n) is 3.89. The van der Waals surface area contributed by atoms with Crippen molar-refractivity contribution in [1.29, 1.82) is 0 Å². The molecule has 0 aromatic heterocycles. The van der Waals surface area contributed by atoms with Crippen LogP contribution in [0.4, 0.5) is 10.5 Å². The summed E-state index contributed by atoms with van der Waals surface area (Å²) >= 11 is 0.